The minimum absolute atomic E-state index is 0.179. The molecule has 0 bridgehead atoms. The van der Waals surface area contributed by atoms with E-state index in [4.69, 9.17) is 16.3 Å². The average molecular weight is 347 g/mol. The topological polar surface area (TPSA) is 59.5 Å². The summed E-state index contributed by atoms with van der Waals surface area (Å²) in [7, 11) is -0.501. The second kappa shape index (κ2) is 6.31. The smallest absolute Gasteiger partial charge is 0.254 e. The van der Waals surface area contributed by atoms with Crippen LogP contribution < -0.4 is 4.74 Å². The van der Waals surface area contributed by atoms with E-state index < -0.39 is 10.0 Å². The number of aryl methyl sites for hydroxylation is 1. The molecule has 0 radical (unpaired) electrons. The fourth-order valence-electron chi connectivity index (χ4n) is 1.84. The first kappa shape index (κ1) is 16.2. The highest BCUT2D eigenvalue weighted by molar-refractivity contribution is 7.91. The molecule has 21 heavy (non-hydrogen) atoms. The van der Waals surface area contributed by atoms with Gasteiger partial charge in [0.05, 0.1) is 12.8 Å². The van der Waals surface area contributed by atoms with Crippen molar-refractivity contribution in [1.29, 1.82) is 0 Å². The van der Waals surface area contributed by atoms with Gasteiger partial charge in [-0.15, -0.1) is 0 Å². The fraction of sp³-hybridized carbons (Fsp3) is 0.308. The van der Waals surface area contributed by atoms with E-state index >= 15 is 0 Å². The molecule has 1 heterocycles. The molecule has 0 saturated heterocycles. The number of aromatic nitrogens is 1. The van der Waals surface area contributed by atoms with Gasteiger partial charge in [0.2, 0.25) is 0 Å². The van der Waals surface area contributed by atoms with Crippen LogP contribution in [0.15, 0.2) is 28.5 Å². The first-order valence-corrected chi connectivity index (χ1v) is 8.70. The van der Waals surface area contributed by atoms with Crippen LogP contribution in [0, 0.1) is 6.92 Å². The second-order valence-electron chi connectivity index (χ2n) is 4.45. The van der Waals surface area contributed by atoms with Crippen LogP contribution in [0.4, 0.5) is 0 Å². The summed E-state index contributed by atoms with van der Waals surface area (Å²) < 4.78 is 31.9. The molecule has 0 spiro atoms. The highest BCUT2D eigenvalue weighted by atomic mass is 35.5. The van der Waals surface area contributed by atoms with Gasteiger partial charge in [0.1, 0.15) is 5.75 Å². The molecular weight excluding hydrogens is 332 g/mol. The van der Waals surface area contributed by atoms with Crippen LogP contribution in [0.1, 0.15) is 11.3 Å². The Balaban J connectivity index is 2.26. The molecule has 0 N–H and O–H groups in total. The SMILES string of the molecule is COc1cccc(CN(C)S(=O)(=O)c2sc(Cl)nc2C)c1. The maximum Gasteiger partial charge on any atom is 0.254 e. The number of nitrogens with zero attached hydrogens (tertiary/aromatic N) is 2. The number of methoxy groups -OCH3 is 1. The van der Waals surface area contributed by atoms with Gasteiger partial charge in [0, 0.05) is 13.6 Å². The summed E-state index contributed by atoms with van der Waals surface area (Å²) in [5.41, 5.74) is 1.26. The third-order valence-electron chi connectivity index (χ3n) is 2.91. The largest absolute Gasteiger partial charge is 0.497 e. The lowest BCUT2D eigenvalue weighted by molar-refractivity contribution is 0.412. The Labute approximate surface area is 133 Å². The molecule has 2 rings (SSSR count). The highest BCUT2D eigenvalue weighted by Gasteiger charge is 2.26. The Kier molecular flexibility index (Phi) is 4.88. The van der Waals surface area contributed by atoms with Crippen molar-refractivity contribution in [2.24, 2.45) is 0 Å². The number of hydrogen-bond acceptors (Lipinski definition) is 5. The van der Waals surface area contributed by atoms with E-state index in [1.807, 2.05) is 18.2 Å². The Morgan fingerprint density at radius 3 is 2.71 bits per heavy atom. The van der Waals surface area contributed by atoms with E-state index in [9.17, 15) is 8.42 Å². The van der Waals surface area contributed by atoms with Crippen molar-refractivity contribution in [1.82, 2.24) is 9.29 Å². The fourth-order valence-corrected chi connectivity index (χ4v) is 4.93. The summed E-state index contributed by atoms with van der Waals surface area (Å²) in [6.07, 6.45) is 0. The van der Waals surface area contributed by atoms with E-state index in [-0.39, 0.29) is 15.2 Å². The molecule has 114 valence electrons. The van der Waals surface area contributed by atoms with Crippen LogP contribution in [-0.4, -0.2) is 31.9 Å². The van der Waals surface area contributed by atoms with Crippen LogP contribution in [0.3, 0.4) is 0 Å². The minimum Gasteiger partial charge on any atom is -0.497 e. The van der Waals surface area contributed by atoms with Crippen LogP contribution in [0.5, 0.6) is 5.75 Å². The molecule has 5 nitrogen and oxygen atoms in total. The molecule has 2 aromatic rings. The van der Waals surface area contributed by atoms with Gasteiger partial charge in [-0.1, -0.05) is 35.1 Å². The van der Waals surface area contributed by atoms with E-state index in [2.05, 4.69) is 4.98 Å². The Bertz CT molecular complexity index is 744. The maximum absolute atomic E-state index is 12.5. The zero-order chi connectivity index (χ0) is 15.6. The standard InChI is InChI=1S/C13H15ClN2O3S2/c1-9-12(20-13(14)15-9)21(17,18)16(2)8-10-5-4-6-11(7-10)19-3/h4-7H,8H2,1-3H3. The summed E-state index contributed by atoms with van der Waals surface area (Å²) in [6.45, 7) is 1.88. The van der Waals surface area contributed by atoms with Crippen molar-refractivity contribution in [3.8, 4) is 5.75 Å². The lowest BCUT2D eigenvalue weighted by Gasteiger charge is -2.16. The van der Waals surface area contributed by atoms with Crippen LogP contribution in [0.2, 0.25) is 4.47 Å². The lowest BCUT2D eigenvalue weighted by atomic mass is 10.2. The van der Waals surface area contributed by atoms with E-state index in [1.165, 1.54) is 11.4 Å². The summed E-state index contributed by atoms with van der Waals surface area (Å²) >= 11 is 6.75. The van der Waals surface area contributed by atoms with Crippen molar-refractivity contribution >= 4 is 33.0 Å². The number of thiazole rings is 1. The van der Waals surface area contributed by atoms with Crippen molar-refractivity contribution in [2.75, 3.05) is 14.2 Å². The second-order valence-corrected chi connectivity index (χ2v) is 8.27. The molecule has 0 aliphatic carbocycles. The van der Waals surface area contributed by atoms with Gasteiger partial charge in [0.15, 0.2) is 8.68 Å². The minimum atomic E-state index is -3.60. The number of sulfonamides is 1. The first-order chi connectivity index (χ1) is 9.84. The van der Waals surface area contributed by atoms with Gasteiger partial charge in [-0.2, -0.15) is 4.31 Å². The molecule has 0 atom stereocenters. The molecule has 0 fully saturated rings. The van der Waals surface area contributed by atoms with E-state index in [0.717, 1.165) is 16.9 Å². The predicted octanol–water partition coefficient (Wildman–Crippen LogP) is 2.93. The van der Waals surface area contributed by atoms with Gasteiger partial charge in [-0.3, -0.25) is 0 Å². The maximum atomic E-state index is 12.5. The molecule has 0 aliphatic rings. The molecule has 8 heteroatoms. The zero-order valence-electron chi connectivity index (χ0n) is 11.8. The average Bonchev–Trinajstić information content (AvgIpc) is 2.78. The first-order valence-electron chi connectivity index (χ1n) is 6.07. The van der Waals surface area contributed by atoms with Gasteiger partial charge in [-0.05, 0) is 24.6 Å². The zero-order valence-corrected chi connectivity index (χ0v) is 14.2. The van der Waals surface area contributed by atoms with Crippen LogP contribution in [0.25, 0.3) is 0 Å². The normalized spacial score (nSPS) is 11.9. The molecule has 1 aromatic carbocycles. The predicted molar refractivity (Wildman–Crippen MR) is 83.5 cm³/mol. The summed E-state index contributed by atoms with van der Waals surface area (Å²) in [6, 6.07) is 7.29. The molecule has 0 saturated carbocycles. The van der Waals surface area contributed by atoms with Gasteiger partial charge < -0.3 is 4.74 Å². The highest BCUT2D eigenvalue weighted by Crippen LogP contribution is 2.29. The molecular formula is C13H15ClN2O3S2. The number of rotatable bonds is 5. The van der Waals surface area contributed by atoms with Gasteiger partial charge in [-0.25, -0.2) is 13.4 Å². The number of hydrogen-bond donors (Lipinski definition) is 0. The number of halogens is 1. The van der Waals surface area contributed by atoms with E-state index in [0.29, 0.717) is 11.4 Å². The van der Waals surface area contributed by atoms with Crippen molar-refractivity contribution in [3.05, 3.63) is 40.0 Å². The van der Waals surface area contributed by atoms with E-state index in [1.54, 1.807) is 20.1 Å². The third-order valence-corrected chi connectivity index (χ3v) is 6.56. The summed E-state index contributed by atoms with van der Waals surface area (Å²) in [5.74, 6) is 0.690. The number of benzene rings is 1. The molecule has 0 amide bonds. The third kappa shape index (κ3) is 3.55. The monoisotopic (exact) mass is 346 g/mol. The van der Waals surface area contributed by atoms with Crippen LogP contribution in [-0.2, 0) is 16.6 Å². The van der Waals surface area contributed by atoms with Crippen LogP contribution >= 0.6 is 22.9 Å². The molecule has 1 aromatic heterocycles. The lowest BCUT2D eigenvalue weighted by Crippen LogP contribution is -2.26. The molecule has 0 aliphatic heterocycles. The Morgan fingerprint density at radius 1 is 1.43 bits per heavy atom. The van der Waals surface area contributed by atoms with Crippen molar-refractivity contribution in [2.45, 2.75) is 17.7 Å². The Hall–Kier alpha value is -1.15. The van der Waals surface area contributed by atoms with Crippen molar-refractivity contribution < 1.29 is 13.2 Å². The molecule has 0 unspecified atom stereocenters. The quantitative estimate of drug-likeness (QED) is 0.835. The van der Waals surface area contributed by atoms with Gasteiger partial charge in [0.25, 0.3) is 10.0 Å². The van der Waals surface area contributed by atoms with Crippen molar-refractivity contribution in [3.63, 3.8) is 0 Å². The summed E-state index contributed by atoms with van der Waals surface area (Å²) in [4.78, 5) is 3.95. The number of ether oxygens (including phenoxy) is 1. The van der Waals surface area contributed by atoms with Gasteiger partial charge >= 0.3 is 0 Å². The Morgan fingerprint density at radius 2 is 2.14 bits per heavy atom. The summed E-state index contributed by atoms with van der Waals surface area (Å²) in [5, 5.41) is 0.